The molecule has 6 heterocycles. The van der Waals surface area contributed by atoms with Crippen molar-refractivity contribution in [1.82, 2.24) is 19.8 Å². The Balaban J connectivity index is 1.07. The molecule has 1 amide bonds. The highest BCUT2D eigenvalue weighted by Crippen LogP contribution is 2.57. The molecule has 10 nitrogen and oxygen atoms in total. The Morgan fingerprint density at radius 3 is 2.62 bits per heavy atom. The van der Waals surface area contributed by atoms with Gasteiger partial charge in [0.2, 0.25) is 5.91 Å². The first-order valence-corrected chi connectivity index (χ1v) is 19.7. The summed E-state index contributed by atoms with van der Waals surface area (Å²) in [5.41, 5.74) is 12.3. The van der Waals surface area contributed by atoms with Crippen molar-refractivity contribution in [3.63, 3.8) is 0 Å². The molecule has 4 atom stereocenters. The van der Waals surface area contributed by atoms with Crippen molar-refractivity contribution in [2.45, 2.75) is 80.9 Å². The van der Waals surface area contributed by atoms with Gasteiger partial charge in [0, 0.05) is 29.4 Å². The van der Waals surface area contributed by atoms with Crippen molar-refractivity contribution in [1.29, 1.82) is 5.26 Å². The van der Waals surface area contributed by atoms with Gasteiger partial charge < -0.3 is 26.0 Å². The molecule has 4 aliphatic heterocycles. The van der Waals surface area contributed by atoms with Gasteiger partial charge in [-0.15, -0.1) is 11.3 Å². The maximum atomic E-state index is 17.2. The van der Waals surface area contributed by atoms with Crippen LogP contribution in [0.1, 0.15) is 63.4 Å². The van der Waals surface area contributed by atoms with E-state index >= 15 is 8.78 Å². The number of anilines is 2. The molecule has 4 aromatic rings. The van der Waals surface area contributed by atoms with Crippen LogP contribution in [0.25, 0.3) is 32.1 Å². The molecule has 4 N–H and O–H groups in total. The summed E-state index contributed by atoms with van der Waals surface area (Å²) in [6.07, 6.45) is 8.81. The number of nitrogens with zero attached hydrogens (tertiary/aromatic N) is 6. The number of carbonyl (C=O) groups excluding carboxylic acids is 1. The summed E-state index contributed by atoms with van der Waals surface area (Å²) in [4.78, 5) is 30.2. The summed E-state index contributed by atoms with van der Waals surface area (Å²) in [7, 11) is 0. The van der Waals surface area contributed by atoms with Crippen LogP contribution in [-0.4, -0.2) is 81.6 Å². The number of rotatable bonds is 7. The van der Waals surface area contributed by atoms with Gasteiger partial charge in [0.1, 0.15) is 34.8 Å². The largest absolute Gasteiger partial charge is 0.461 e. The van der Waals surface area contributed by atoms with Crippen molar-refractivity contribution in [3.8, 4) is 23.2 Å². The topological polar surface area (TPSA) is 138 Å². The zero-order chi connectivity index (χ0) is 35.7. The third-order valence-corrected chi connectivity index (χ3v) is 14.4. The first-order valence-electron chi connectivity index (χ1n) is 18.5. The Morgan fingerprint density at radius 2 is 1.87 bits per heavy atom. The number of benzene rings is 2. The zero-order valence-electron chi connectivity index (χ0n) is 28.6. The van der Waals surface area contributed by atoms with Crippen molar-refractivity contribution >= 4 is 60.7 Å². The minimum absolute atomic E-state index is 0.000234. The quantitative estimate of drug-likeness (QED) is 0.226. The Labute approximate surface area is 308 Å². The first-order chi connectivity index (χ1) is 25.1. The summed E-state index contributed by atoms with van der Waals surface area (Å²) in [5.74, 6) is 0.157. The number of thiophene rings is 1. The molecule has 52 heavy (non-hydrogen) atoms. The number of nitriles is 1. The fraction of sp³-hybridized carbons (Fsp3) is 0.526. The number of nitrogens with two attached hydrogens (primary N) is 2. The van der Waals surface area contributed by atoms with E-state index in [1.165, 1.54) is 12.1 Å². The fourth-order valence-corrected chi connectivity index (χ4v) is 11.5. The van der Waals surface area contributed by atoms with Crippen LogP contribution >= 0.6 is 22.9 Å². The molecular weight excluding hydrogens is 706 g/mol. The van der Waals surface area contributed by atoms with Crippen LogP contribution in [0.2, 0.25) is 5.02 Å². The number of amides is 1. The predicted molar refractivity (Wildman–Crippen MR) is 196 cm³/mol. The molecular formula is C38H39ClF2N8O2S. The monoisotopic (exact) mass is 744 g/mol. The van der Waals surface area contributed by atoms with E-state index < -0.39 is 17.2 Å². The van der Waals surface area contributed by atoms with E-state index in [2.05, 4.69) is 15.9 Å². The molecule has 0 bridgehead atoms. The lowest BCUT2D eigenvalue weighted by Crippen LogP contribution is -2.50. The van der Waals surface area contributed by atoms with Crippen LogP contribution < -0.4 is 21.1 Å². The molecule has 0 spiro atoms. The molecule has 270 valence electrons. The molecule has 2 unspecified atom stereocenters. The number of hydrogen-bond donors (Lipinski definition) is 2. The molecule has 10 rings (SSSR count). The van der Waals surface area contributed by atoms with Gasteiger partial charge >= 0.3 is 6.01 Å². The summed E-state index contributed by atoms with van der Waals surface area (Å²) >= 11 is 7.91. The number of nitrogen functional groups attached to an aromatic ring is 1. The fourth-order valence-electron chi connectivity index (χ4n) is 10.3. The third-order valence-electron chi connectivity index (χ3n) is 13.1. The van der Waals surface area contributed by atoms with E-state index in [1.54, 1.807) is 6.07 Å². The molecule has 2 saturated carbocycles. The molecule has 2 aromatic heterocycles. The van der Waals surface area contributed by atoms with E-state index in [1.807, 2.05) is 4.90 Å². The van der Waals surface area contributed by atoms with Crippen molar-refractivity contribution < 1.29 is 18.3 Å². The molecule has 6 fully saturated rings. The number of ether oxygens (including phenoxy) is 1. The highest BCUT2D eigenvalue weighted by molar-refractivity contribution is 7.23. The highest BCUT2D eigenvalue weighted by atomic mass is 35.5. The maximum absolute atomic E-state index is 17.2. The minimum Gasteiger partial charge on any atom is -0.461 e. The second kappa shape index (κ2) is 11.6. The summed E-state index contributed by atoms with van der Waals surface area (Å²) in [6, 6.07) is 6.39. The number of likely N-dealkylation sites (tertiary alicyclic amines) is 1. The van der Waals surface area contributed by atoms with E-state index in [0.717, 1.165) is 82.2 Å². The van der Waals surface area contributed by atoms with Crippen molar-refractivity contribution in [2.24, 2.45) is 17.6 Å². The second-order valence-corrected chi connectivity index (χ2v) is 17.3. The molecule has 2 aromatic carbocycles. The van der Waals surface area contributed by atoms with Crippen LogP contribution in [-0.2, 0) is 4.79 Å². The van der Waals surface area contributed by atoms with Gasteiger partial charge in [-0.1, -0.05) is 17.7 Å². The number of halogens is 3. The average Bonchev–Trinajstić information content (AvgIpc) is 3.71. The number of aromatic nitrogens is 2. The normalized spacial score (nSPS) is 27.8. The lowest BCUT2D eigenvalue weighted by molar-refractivity contribution is -0.134. The van der Waals surface area contributed by atoms with Gasteiger partial charge in [0.15, 0.2) is 5.82 Å². The van der Waals surface area contributed by atoms with Crippen molar-refractivity contribution in [3.05, 3.63) is 40.4 Å². The summed E-state index contributed by atoms with van der Waals surface area (Å²) in [5, 5.41) is 10.8. The van der Waals surface area contributed by atoms with Crippen LogP contribution in [0.5, 0.6) is 6.01 Å². The van der Waals surface area contributed by atoms with E-state index in [4.69, 9.17) is 37.8 Å². The Morgan fingerprint density at radius 1 is 1.10 bits per heavy atom. The lowest BCUT2D eigenvalue weighted by Gasteiger charge is -2.31. The highest BCUT2D eigenvalue weighted by Gasteiger charge is 2.64. The predicted octanol–water partition coefficient (Wildman–Crippen LogP) is 6.21. The lowest BCUT2D eigenvalue weighted by atomic mass is 9.95. The van der Waals surface area contributed by atoms with E-state index in [0.29, 0.717) is 36.8 Å². The Kier molecular flexibility index (Phi) is 7.30. The Bertz CT molecular complexity index is 2230. The third kappa shape index (κ3) is 4.73. The van der Waals surface area contributed by atoms with Gasteiger partial charge in [-0.2, -0.15) is 15.2 Å². The van der Waals surface area contributed by atoms with E-state index in [-0.39, 0.29) is 77.8 Å². The van der Waals surface area contributed by atoms with Gasteiger partial charge in [-0.3, -0.25) is 9.69 Å². The molecule has 4 saturated heterocycles. The smallest absolute Gasteiger partial charge is 0.319 e. The van der Waals surface area contributed by atoms with E-state index in [9.17, 15) is 10.1 Å². The van der Waals surface area contributed by atoms with Crippen LogP contribution in [0, 0.1) is 34.8 Å². The average molecular weight is 745 g/mol. The van der Waals surface area contributed by atoms with Crippen molar-refractivity contribution in [2.75, 3.05) is 43.4 Å². The number of fused-ring (bicyclic) bond motifs is 4. The van der Waals surface area contributed by atoms with Gasteiger partial charge in [-0.05, 0) is 100 Å². The minimum atomic E-state index is -0.753. The number of hydrogen-bond acceptors (Lipinski definition) is 10. The molecule has 14 heteroatoms. The SMILES string of the molecule is N#Cc1c(N)sc2c(F)ccc(-c3c(Cl)cc4c(N5CCC6C5CCN6C(=O)[C@@]5(N)C[C@H]5C5CC5)nc(OCC56CCCN5CCC6)nc4c3F)c12. The second-order valence-electron chi connectivity index (χ2n) is 15.8. The number of carbonyl (C=O) groups is 1. The Hall–Kier alpha value is -3.83. The van der Waals surface area contributed by atoms with Gasteiger partial charge in [-0.25, -0.2) is 8.78 Å². The standard InChI is InChI=1S/C38H39ClF2N8O2S/c39-24-15-21-31(30(41)29(24)20-5-6-25(40)32-28(20)22(17-42)33(43)52-32)45-36(51-18-37-9-1-11-47(37)12-2-10-37)46-34(21)48-13-7-27-26(48)8-14-49(27)35(50)38(44)16-23(38)19-3-4-19/h5-6,15,19,23,26-27H,1-4,7-14,16,18,43-44H2/t23-,26?,27?,38+/m0/s1. The maximum Gasteiger partial charge on any atom is 0.319 e. The molecule has 6 aliphatic rings. The van der Waals surface area contributed by atoms with Crippen LogP contribution in [0.3, 0.4) is 0 Å². The first kappa shape index (κ1) is 32.8. The summed E-state index contributed by atoms with van der Waals surface area (Å²) in [6.45, 7) is 3.67. The van der Waals surface area contributed by atoms with Gasteiger partial charge in [0.25, 0.3) is 0 Å². The molecule has 0 radical (unpaired) electrons. The summed E-state index contributed by atoms with van der Waals surface area (Å²) < 4.78 is 38.8. The van der Waals surface area contributed by atoms with Gasteiger partial charge in [0.05, 0.1) is 38.4 Å². The van der Waals surface area contributed by atoms with Crippen LogP contribution in [0.4, 0.5) is 19.6 Å². The molecule has 2 aliphatic carbocycles. The van der Waals surface area contributed by atoms with Crippen LogP contribution in [0.15, 0.2) is 18.2 Å². The zero-order valence-corrected chi connectivity index (χ0v) is 30.2.